The minimum absolute atomic E-state index is 0.586. The molecule has 2 rings (SSSR count). The zero-order chi connectivity index (χ0) is 11.5. The zero-order valence-corrected chi connectivity index (χ0v) is 11.8. The Morgan fingerprint density at radius 3 is 3.00 bits per heavy atom. The Morgan fingerprint density at radius 2 is 2.31 bits per heavy atom. The molecule has 0 bridgehead atoms. The lowest BCUT2D eigenvalue weighted by atomic mass is 10.2. The lowest BCUT2D eigenvalue weighted by Gasteiger charge is -2.09. The van der Waals surface area contributed by atoms with Crippen molar-refractivity contribution < 1.29 is 0 Å². The van der Waals surface area contributed by atoms with Crippen molar-refractivity contribution in [3.8, 4) is 0 Å². The number of nitrogens with one attached hydrogen (secondary N) is 1. The molecule has 1 aromatic carbocycles. The number of hydrogen-bond acceptors (Lipinski definition) is 3. The molecule has 0 fully saturated rings. The van der Waals surface area contributed by atoms with Gasteiger partial charge < -0.3 is 5.32 Å². The van der Waals surface area contributed by atoms with Crippen LogP contribution in [0.15, 0.2) is 28.9 Å². The first-order valence-electron chi connectivity index (χ1n) is 4.76. The van der Waals surface area contributed by atoms with Crippen LogP contribution in [-0.2, 0) is 6.54 Å². The number of aromatic nitrogens is 1. The average molecular weight is 318 g/mol. The fourth-order valence-corrected chi connectivity index (χ4v) is 2.63. The van der Waals surface area contributed by atoms with Crippen molar-refractivity contribution in [2.24, 2.45) is 0 Å². The molecule has 5 heteroatoms. The van der Waals surface area contributed by atoms with Crippen LogP contribution in [0.1, 0.15) is 10.4 Å². The molecule has 1 aromatic heterocycles. The first-order chi connectivity index (χ1) is 7.66. The second-order valence-corrected chi connectivity index (χ2v) is 5.90. The van der Waals surface area contributed by atoms with E-state index in [0.717, 1.165) is 21.6 Å². The summed E-state index contributed by atoms with van der Waals surface area (Å²) in [6.07, 6.45) is 1.80. The van der Waals surface area contributed by atoms with Crippen molar-refractivity contribution >= 4 is 44.6 Å². The Bertz CT molecular complexity index is 498. The van der Waals surface area contributed by atoms with Crippen LogP contribution in [0.25, 0.3) is 0 Å². The van der Waals surface area contributed by atoms with E-state index in [1.54, 1.807) is 6.20 Å². The fourth-order valence-electron chi connectivity index (χ4n) is 1.35. The molecule has 0 aliphatic carbocycles. The topological polar surface area (TPSA) is 24.9 Å². The molecule has 1 N–H and O–H groups in total. The van der Waals surface area contributed by atoms with Crippen molar-refractivity contribution in [1.82, 2.24) is 4.98 Å². The molecule has 2 aromatic rings. The summed E-state index contributed by atoms with van der Waals surface area (Å²) < 4.78 is 1.70. The van der Waals surface area contributed by atoms with Gasteiger partial charge in [-0.2, -0.15) is 0 Å². The Hall–Kier alpha value is -0.580. The quantitative estimate of drug-likeness (QED) is 0.903. The molecule has 0 spiro atoms. The number of hydrogen-bond donors (Lipinski definition) is 1. The van der Waals surface area contributed by atoms with Gasteiger partial charge in [-0.1, -0.05) is 33.6 Å². The smallest absolute Gasteiger partial charge is 0.183 e. The molecule has 0 aliphatic heterocycles. The predicted octanol–water partition coefficient (Wildman–Crippen LogP) is 4.48. The normalized spacial score (nSPS) is 10.4. The molecule has 0 atom stereocenters. The third-order valence-corrected chi connectivity index (χ3v) is 4.22. The maximum atomic E-state index is 5.77. The average Bonchev–Trinajstić information content (AvgIpc) is 2.67. The van der Waals surface area contributed by atoms with E-state index in [1.165, 1.54) is 16.9 Å². The summed E-state index contributed by atoms with van der Waals surface area (Å²) in [6, 6.07) is 6.10. The maximum Gasteiger partial charge on any atom is 0.183 e. The Morgan fingerprint density at radius 1 is 1.50 bits per heavy atom. The summed E-state index contributed by atoms with van der Waals surface area (Å²) >= 11 is 10.8. The summed E-state index contributed by atoms with van der Waals surface area (Å²) in [5, 5.41) is 3.37. The summed E-state index contributed by atoms with van der Waals surface area (Å²) in [4.78, 5) is 5.13. The molecule has 0 saturated heterocycles. The van der Waals surface area contributed by atoms with Gasteiger partial charge >= 0.3 is 0 Å². The molecular weight excluding hydrogens is 308 g/mol. The van der Waals surface area contributed by atoms with Crippen LogP contribution >= 0.6 is 38.9 Å². The molecule has 0 aliphatic rings. The SMILES string of the molecule is Cc1c(Br)cccc1NCc1cnc(Cl)s1. The molecule has 16 heavy (non-hydrogen) atoms. The Kier molecular flexibility index (Phi) is 3.84. The molecule has 2 nitrogen and oxygen atoms in total. The lowest BCUT2D eigenvalue weighted by molar-refractivity contribution is 1.16. The highest BCUT2D eigenvalue weighted by atomic mass is 79.9. The number of benzene rings is 1. The van der Waals surface area contributed by atoms with Gasteiger partial charge in [0.05, 0.1) is 6.54 Å². The Labute approximate surface area is 112 Å². The standard InChI is InChI=1S/C11H10BrClN2S/c1-7-9(12)3-2-4-10(7)14-5-8-6-15-11(13)16-8/h2-4,6,14H,5H2,1H3. The van der Waals surface area contributed by atoms with Crippen LogP contribution in [0.3, 0.4) is 0 Å². The van der Waals surface area contributed by atoms with Gasteiger partial charge in [0, 0.05) is 21.2 Å². The molecular formula is C11H10BrClN2S. The number of anilines is 1. The number of thiazole rings is 1. The fraction of sp³-hybridized carbons (Fsp3) is 0.182. The van der Waals surface area contributed by atoms with Crippen molar-refractivity contribution in [3.05, 3.63) is 43.8 Å². The van der Waals surface area contributed by atoms with Crippen LogP contribution in [0, 0.1) is 6.92 Å². The van der Waals surface area contributed by atoms with E-state index < -0.39 is 0 Å². The molecule has 84 valence electrons. The lowest BCUT2D eigenvalue weighted by Crippen LogP contribution is -1.99. The van der Waals surface area contributed by atoms with Crippen LogP contribution in [0.4, 0.5) is 5.69 Å². The molecule has 0 saturated carbocycles. The van der Waals surface area contributed by atoms with E-state index in [4.69, 9.17) is 11.6 Å². The van der Waals surface area contributed by atoms with Gasteiger partial charge in [-0.25, -0.2) is 4.98 Å². The molecule has 1 heterocycles. The van der Waals surface area contributed by atoms with Gasteiger partial charge in [0.25, 0.3) is 0 Å². The van der Waals surface area contributed by atoms with E-state index in [9.17, 15) is 0 Å². The monoisotopic (exact) mass is 316 g/mol. The molecule has 0 radical (unpaired) electrons. The zero-order valence-electron chi connectivity index (χ0n) is 8.63. The van der Waals surface area contributed by atoms with E-state index in [-0.39, 0.29) is 0 Å². The van der Waals surface area contributed by atoms with Crippen LogP contribution < -0.4 is 5.32 Å². The second-order valence-electron chi connectivity index (χ2n) is 3.35. The highest BCUT2D eigenvalue weighted by molar-refractivity contribution is 9.10. The highest BCUT2D eigenvalue weighted by Gasteiger charge is 2.03. The third kappa shape index (κ3) is 2.75. The minimum atomic E-state index is 0.586. The van der Waals surface area contributed by atoms with Crippen LogP contribution in [0.2, 0.25) is 4.47 Å². The van der Waals surface area contributed by atoms with Crippen LogP contribution in [-0.4, -0.2) is 4.98 Å². The molecule has 0 unspecified atom stereocenters. The van der Waals surface area contributed by atoms with Gasteiger partial charge in [-0.3, -0.25) is 0 Å². The van der Waals surface area contributed by atoms with Gasteiger partial charge in [-0.05, 0) is 24.6 Å². The van der Waals surface area contributed by atoms with E-state index in [1.807, 2.05) is 12.1 Å². The highest BCUT2D eigenvalue weighted by Crippen LogP contribution is 2.25. The van der Waals surface area contributed by atoms with Crippen molar-refractivity contribution in [1.29, 1.82) is 0 Å². The van der Waals surface area contributed by atoms with Crippen LogP contribution in [0.5, 0.6) is 0 Å². The van der Waals surface area contributed by atoms with E-state index in [0.29, 0.717) is 4.47 Å². The largest absolute Gasteiger partial charge is 0.380 e. The number of rotatable bonds is 3. The Balaban J connectivity index is 2.07. The van der Waals surface area contributed by atoms with Crippen molar-refractivity contribution in [2.75, 3.05) is 5.32 Å². The van der Waals surface area contributed by atoms with Gasteiger partial charge in [0.2, 0.25) is 0 Å². The van der Waals surface area contributed by atoms with E-state index in [2.05, 4.69) is 39.2 Å². The van der Waals surface area contributed by atoms with Gasteiger partial charge in [-0.15, -0.1) is 11.3 Å². The third-order valence-electron chi connectivity index (χ3n) is 2.25. The second kappa shape index (κ2) is 5.17. The summed E-state index contributed by atoms with van der Waals surface area (Å²) in [5.41, 5.74) is 2.33. The summed E-state index contributed by atoms with van der Waals surface area (Å²) in [7, 11) is 0. The first-order valence-corrected chi connectivity index (χ1v) is 6.75. The minimum Gasteiger partial charge on any atom is -0.380 e. The van der Waals surface area contributed by atoms with E-state index >= 15 is 0 Å². The summed E-state index contributed by atoms with van der Waals surface area (Å²) in [5.74, 6) is 0. The van der Waals surface area contributed by atoms with Crippen molar-refractivity contribution in [3.63, 3.8) is 0 Å². The number of halogens is 2. The summed E-state index contributed by atoms with van der Waals surface area (Å²) in [6.45, 7) is 2.83. The first kappa shape index (κ1) is 11.9. The predicted molar refractivity (Wildman–Crippen MR) is 73.3 cm³/mol. The van der Waals surface area contributed by atoms with Crippen molar-refractivity contribution in [2.45, 2.75) is 13.5 Å². The number of nitrogens with zero attached hydrogens (tertiary/aromatic N) is 1. The van der Waals surface area contributed by atoms with Gasteiger partial charge in [0.1, 0.15) is 0 Å². The molecule has 0 amide bonds. The maximum absolute atomic E-state index is 5.77. The van der Waals surface area contributed by atoms with Gasteiger partial charge in [0.15, 0.2) is 4.47 Å².